The Hall–Kier alpha value is -1.39. The van der Waals surface area contributed by atoms with Crippen LogP contribution in [-0.2, 0) is 6.61 Å². The predicted octanol–water partition coefficient (Wildman–Crippen LogP) is 3.97. The molecule has 2 rings (SSSR count). The van der Waals surface area contributed by atoms with Crippen LogP contribution in [0.5, 0.6) is 5.75 Å². The maximum absolute atomic E-state index is 5.87. The average molecular weight is 336 g/mol. The Morgan fingerprint density at radius 1 is 1.21 bits per heavy atom. The van der Waals surface area contributed by atoms with Gasteiger partial charge >= 0.3 is 0 Å². The number of hydrogen-bond donors (Lipinski definition) is 1. The van der Waals surface area contributed by atoms with Crippen molar-refractivity contribution in [2.24, 2.45) is 5.73 Å². The van der Waals surface area contributed by atoms with Crippen molar-refractivity contribution in [2.45, 2.75) is 13.5 Å². The maximum Gasteiger partial charge on any atom is 0.132 e. The molecule has 0 amide bonds. The lowest BCUT2D eigenvalue weighted by atomic mass is 10.1. The zero-order chi connectivity index (χ0) is 13.8. The van der Waals surface area contributed by atoms with Gasteiger partial charge in [-0.2, -0.15) is 0 Å². The molecule has 0 heterocycles. The first-order chi connectivity index (χ1) is 9.08. The van der Waals surface area contributed by atoms with E-state index in [1.165, 1.54) is 0 Å². The van der Waals surface area contributed by atoms with Gasteiger partial charge in [-0.05, 0) is 36.2 Å². The molecule has 2 aromatic carbocycles. The van der Waals surface area contributed by atoms with Gasteiger partial charge in [-0.25, -0.2) is 0 Å². The quantitative estimate of drug-likeness (QED) is 0.858. The molecule has 98 valence electrons. The number of rotatable bonds is 4. The van der Waals surface area contributed by atoms with Gasteiger partial charge in [0.05, 0.1) is 5.56 Å². The highest BCUT2D eigenvalue weighted by atomic mass is 79.9. The first-order valence-electron chi connectivity index (χ1n) is 5.84. The normalized spacial score (nSPS) is 10.2. The zero-order valence-electron chi connectivity index (χ0n) is 10.5. The summed E-state index contributed by atoms with van der Waals surface area (Å²) in [7, 11) is 0. The predicted molar refractivity (Wildman–Crippen MR) is 85.5 cm³/mol. The lowest BCUT2D eigenvalue weighted by Crippen LogP contribution is -2.12. The molecule has 2 aromatic rings. The molecule has 2 nitrogen and oxygen atoms in total. The van der Waals surface area contributed by atoms with E-state index >= 15 is 0 Å². The van der Waals surface area contributed by atoms with Crippen molar-refractivity contribution < 1.29 is 4.74 Å². The summed E-state index contributed by atoms with van der Waals surface area (Å²) in [4.78, 5) is 0.356. The molecule has 0 aliphatic carbocycles. The maximum atomic E-state index is 5.87. The fourth-order valence-electron chi connectivity index (χ4n) is 1.77. The summed E-state index contributed by atoms with van der Waals surface area (Å²) in [6.45, 7) is 2.48. The molecule has 0 aliphatic rings. The fourth-order valence-corrected chi connectivity index (χ4v) is 2.20. The lowest BCUT2D eigenvalue weighted by Gasteiger charge is -2.13. The van der Waals surface area contributed by atoms with Gasteiger partial charge in [-0.15, -0.1) is 0 Å². The van der Waals surface area contributed by atoms with E-state index < -0.39 is 0 Å². The Labute approximate surface area is 126 Å². The van der Waals surface area contributed by atoms with E-state index in [9.17, 15) is 0 Å². The van der Waals surface area contributed by atoms with E-state index in [0.717, 1.165) is 26.9 Å². The number of ether oxygens (including phenoxy) is 1. The van der Waals surface area contributed by atoms with Gasteiger partial charge in [0.2, 0.25) is 0 Å². The summed E-state index contributed by atoms with van der Waals surface area (Å²) in [6.07, 6.45) is 0. The molecule has 0 radical (unpaired) electrons. The molecule has 0 unspecified atom stereocenters. The third kappa shape index (κ3) is 3.55. The van der Waals surface area contributed by atoms with Gasteiger partial charge in [-0.1, -0.05) is 52.4 Å². The highest BCUT2D eigenvalue weighted by Gasteiger charge is 2.09. The molecule has 0 saturated carbocycles. The molecule has 0 spiro atoms. The van der Waals surface area contributed by atoms with Crippen LogP contribution in [0, 0.1) is 6.92 Å². The van der Waals surface area contributed by atoms with Gasteiger partial charge in [0.1, 0.15) is 17.3 Å². The van der Waals surface area contributed by atoms with Crippen LogP contribution in [-0.4, -0.2) is 4.99 Å². The minimum absolute atomic E-state index is 0.356. The topological polar surface area (TPSA) is 35.2 Å². The van der Waals surface area contributed by atoms with E-state index in [-0.39, 0.29) is 0 Å². The molecule has 0 atom stereocenters. The van der Waals surface area contributed by atoms with Crippen molar-refractivity contribution in [3.05, 3.63) is 63.6 Å². The Kier molecular flexibility index (Phi) is 4.56. The van der Waals surface area contributed by atoms with Gasteiger partial charge in [0, 0.05) is 4.47 Å². The third-order valence-electron chi connectivity index (χ3n) is 2.77. The molecule has 0 fully saturated rings. The second-order valence-corrected chi connectivity index (χ2v) is 5.59. The van der Waals surface area contributed by atoms with Crippen molar-refractivity contribution in [3.63, 3.8) is 0 Å². The smallest absolute Gasteiger partial charge is 0.132 e. The molecule has 19 heavy (non-hydrogen) atoms. The first-order valence-corrected chi connectivity index (χ1v) is 7.04. The zero-order valence-corrected chi connectivity index (χ0v) is 12.9. The van der Waals surface area contributed by atoms with Crippen LogP contribution >= 0.6 is 28.1 Å². The molecule has 0 bridgehead atoms. The number of nitrogens with two attached hydrogens (primary N) is 1. The Morgan fingerprint density at radius 2 is 1.89 bits per heavy atom. The van der Waals surface area contributed by atoms with E-state index in [1.807, 2.05) is 49.4 Å². The van der Waals surface area contributed by atoms with E-state index in [2.05, 4.69) is 15.9 Å². The van der Waals surface area contributed by atoms with Gasteiger partial charge in [0.15, 0.2) is 0 Å². The number of hydrogen-bond acceptors (Lipinski definition) is 2. The van der Waals surface area contributed by atoms with Crippen LogP contribution in [0.1, 0.15) is 16.7 Å². The van der Waals surface area contributed by atoms with Gasteiger partial charge < -0.3 is 10.5 Å². The number of para-hydroxylation sites is 1. The van der Waals surface area contributed by atoms with Crippen LogP contribution in [0.4, 0.5) is 0 Å². The monoisotopic (exact) mass is 335 g/mol. The number of thiocarbonyl (C=S) groups is 1. The molecule has 0 aliphatic heterocycles. The minimum atomic E-state index is 0.356. The van der Waals surface area contributed by atoms with Crippen LogP contribution in [0.3, 0.4) is 0 Å². The van der Waals surface area contributed by atoms with E-state index in [0.29, 0.717) is 11.6 Å². The first kappa shape index (κ1) is 14.0. The Morgan fingerprint density at radius 3 is 2.53 bits per heavy atom. The Balaban J connectivity index is 2.19. The number of benzene rings is 2. The fraction of sp³-hybridized carbons (Fsp3) is 0.133. The van der Waals surface area contributed by atoms with E-state index in [4.69, 9.17) is 22.7 Å². The van der Waals surface area contributed by atoms with Crippen LogP contribution < -0.4 is 10.5 Å². The third-order valence-corrected chi connectivity index (χ3v) is 3.52. The van der Waals surface area contributed by atoms with Crippen molar-refractivity contribution in [3.8, 4) is 5.75 Å². The standard InChI is InChI=1S/C15H14BrNOS/c1-10-3-2-4-13(15(17)19)14(10)18-9-11-5-7-12(16)8-6-11/h2-8H,9H2,1H3,(H2,17,19). The summed E-state index contributed by atoms with van der Waals surface area (Å²) < 4.78 is 6.92. The van der Waals surface area contributed by atoms with Crippen LogP contribution in [0.25, 0.3) is 0 Å². The largest absolute Gasteiger partial charge is 0.488 e. The van der Waals surface area contributed by atoms with Crippen LogP contribution in [0.15, 0.2) is 46.9 Å². The summed E-state index contributed by atoms with van der Waals surface area (Å²) in [5.74, 6) is 0.762. The SMILES string of the molecule is Cc1cccc(C(N)=S)c1OCc1ccc(Br)cc1. The minimum Gasteiger partial charge on any atom is -0.488 e. The van der Waals surface area contributed by atoms with Crippen molar-refractivity contribution in [1.29, 1.82) is 0 Å². The van der Waals surface area contributed by atoms with Gasteiger partial charge in [0.25, 0.3) is 0 Å². The summed E-state index contributed by atoms with van der Waals surface area (Å²) >= 11 is 8.46. The average Bonchev–Trinajstić information content (AvgIpc) is 2.39. The lowest BCUT2D eigenvalue weighted by molar-refractivity contribution is 0.303. The second kappa shape index (κ2) is 6.17. The molecule has 0 aromatic heterocycles. The molecular weight excluding hydrogens is 322 g/mol. The number of halogens is 1. The molecule has 0 saturated heterocycles. The highest BCUT2D eigenvalue weighted by molar-refractivity contribution is 9.10. The molecule has 2 N–H and O–H groups in total. The van der Waals surface area contributed by atoms with Crippen LogP contribution in [0.2, 0.25) is 0 Å². The summed E-state index contributed by atoms with van der Waals surface area (Å²) in [6, 6.07) is 13.8. The van der Waals surface area contributed by atoms with E-state index in [1.54, 1.807) is 0 Å². The second-order valence-electron chi connectivity index (χ2n) is 4.23. The van der Waals surface area contributed by atoms with Crippen molar-refractivity contribution in [2.75, 3.05) is 0 Å². The van der Waals surface area contributed by atoms with Crippen molar-refractivity contribution >= 4 is 33.1 Å². The van der Waals surface area contributed by atoms with Crippen molar-refractivity contribution in [1.82, 2.24) is 0 Å². The molecule has 4 heteroatoms. The van der Waals surface area contributed by atoms with Gasteiger partial charge in [-0.3, -0.25) is 0 Å². The summed E-state index contributed by atoms with van der Waals surface area (Å²) in [5, 5.41) is 0. The number of aryl methyl sites for hydroxylation is 1. The highest BCUT2D eigenvalue weighted by Crippen LogP contribution is 2.24. The molecular formula is C15H14BrNOS. The summed E-state index contributed by atoms with van der Waals surface area (Å²) in [5.41, 5.74) is 8.63. The Bertz CT molecular complexity index is 596.